The molecule has 2 rings (SSSR count). The van der Waals surface area contributed by atoms with E-state index >= 15 is 0 Å². The van der Waals surface area contributed by atoms with Gasteiger partial charge in [-0.1, -0.05) is 0 Å². The number of hydrogen-bond donors (Lipinski definition) is 1. The summed E-state index contributed by atoms with van der Waals surface area (Å²) in [5, 5.41) is 0. The van der Waals surface area contributed by atoms with Gasteiger partial charge in [0.15, 0.2) is 4.67 Å². The third kappa shape index (κ3) is 2.91. The van der Waals surface area contributed by atoms with Crippen molar-refractivity contribution in [3.05, 3.63) is 46.6 Å². The molecule has 1 atom stereocenters. The van der Waals surface area contributed by atoms with Crippen LogP contribution in [0.2, 0.25) is 0 Å². The van der Waals surface area contributed by atoms with Gasteiger partial charge in [0, 0.05) is 11.8 Å². The van der Waals surface area contributed by atoms with E-state index in [-0.39, 0.29) is 12.1 Å². The minimum atomic E-state index is -0.290. The number of nitrogens with two attached hydrogens (primary N) is 1. The summed E-state index contributed by atoms with van der Waals surface area (Å²) in [4.78, 5) is 4.15. The first-order chi connectivity index (χ1) is 8.58. The average molecular weight is 311 g/mol. The fraction of sp³-hybridized carbons (Fsp3) is 0.308. The molecule has 5 heteroatoms. The first-order valence-corrected chi connectivity index (χ1v) is 6.47. The highest BCUT2D eigenvalue weighted by Gasteiger charge is 2.15. The second-order valence-electron chi connectivity index (χ2n) is 4.25. The van der Waals surface area contributed by atoms with Gasteiger partial charge in [-0.2, -0.15) is 0 Å². The molecule has 4 nitrogen and oxygen atoms in total. The maximum atomic E-state index is 6.18. The topological polar surface area (TPSA) is 61.3 Å². The Kier molecular flexibility index (Phi) is 4.04. The predicted octanol–water partition coefficient (Wildman–Crippen LogP) is 3.27. The number of nitrogens with zero attached hydrogens (tertiary/aromatic N) is 1. The molecular formula is C13H15BrN2O2. The van der Waals surface area contributed by atoms with Crippen LogP contribution in [0.1, 0.15) is 31.0 Å². The monoisotopic (exact) mass is 310 g/mol. The van der Waals surface area contributed by atoms with Crippen molar-refractivity contribution >= 4 is 15.9 Å². The van der Waals surface area contributed by atoms with Crippen molar-refractivity contribution in [1.29, 1.82) is 0 Å². The lowest BCUT2D eigenvalue weighted by Gasteiger charge is -2.13. The number of furan rings is 1. The summed E-state index contributed by atoms with van der Waals surface area (Å²) in [5.41, 5.74) is 7.95. The van der Waals surface area contributed by atoms with E-state index in [0.29, 0.717) is 4.67 Å². The van der Waals surface area contributed by atoms with Crippen LogP contribution < -0.4 is 10.5 Å². The molecule has 0 aromatic carbocycles. The highest BCUT2D eigenvalue weighted by atomic mass is 79.9. The van der Waals surface area contributed by atoms with Gasteiger partial charge in [0.05, 0.1) is 24.6 Å². The van der Waals surface area contributed by atoms with E-state index in [4.69, 9.17) is 14.9 Å². The molecule has 18 heavy (non-hydrogen) atoms. The van der Waals surface area contributed by atoms with Crippen LogP contribution in [-0.2, 0) is 0 Å². The zero-order valence-electron chi connectivity index (χ0n) is 10.3. The van der Waals surface area contributed by atoms with Crippen LogP contribution in [-0.4, -0.2) is 11.1 Å². The maximum Gasteiger partial charge on any atom is 0.174 e. The summed E-state index contributed by atoms with van der Waals surface area (Å²) in [6.45, 7) is 3.94. The minimum Gasteiger partial charge on any atom is -0.489 e. The summed E-state index contributed by atoms with van der Waals surface area (Å²) in [6, 6.07) is 3.45. The van der Waals surface area contributed by atoms with Gasteiger partial charge in [0.2, 0.25) is 0 Å². The quantitative estimate of drug-likeness (QED) is 0.941. The van der Waals surface area contributed by atoms with Gasteiger partial charge in [-0.05, 0) is 47.5 Å². The van der Waals surface area contributed by atoms with E-state index in [2.05, 4.69) is 20.9 Å². The van der Waals surface area contributed by atoms with Crippen LogP contribution >= 0.6 is 15.9 Å². The van der Waals surface area contributed by atoms with Crippen LogP contribution in [0.15, 0.2) is 39.9 Å². The number of rotatable bonds is 4. The van der Waals surface area contributed by atoms with Gasteiger partial charge in [-0.15, -0.1) is 0 Å². The third-order valence-corrected chi connectivity index (χ3v) is 3.09. The van der Waals surface area contributed by atoms with E-state index < -0.39 is 0 Å². The lowest BCUT2D eigenvalue weighted by atomic mass is 10.0. The Bertz CT molecular complexity index is 525. The largest absolute Gasteiger partial charge is 0.489 e. The normalized spacial score (nSPS) is 12.7. The Morgan fingerprint density at radius 2 is 2.17 bits per heavy atom. The highest BCUT2D eigenvalue weighted by Crippen LogP contribution is 2.28. The van der Waals surface area contributed by atoms with Crippen LogP contribution in [0.25, 0.3) is 0 Å². The summed E-state index contributed by atoms with van der Waals surface area (Å²) in [7, 11) is 0. The molecule has 96 valence electrons. The van der Waals surface area contributed by atoms with E-state index in [1.165, 1.54) is 0 Å². The summed E-state index contributed by atoms with van der Waals surface area (Å²) in [6.07, 6.45) is 5.12. The standard InChI is InChI=1S/C13H15BrN2O2/c1-8(2)18-10-5-9(6-16-7-10)12(15)11-3-4-17-13(11)14/h3-8,12H,15H2,1-2H3. The van der Waals surface area contributed by atoms with Crippen LogP contribution in [0.4, 0.5) is 0 Å². The van der Waals surface area contributed by atoms with Gasteiger partial charge in [0.25, 0.3) is 0 Å². The molecule has 2 N–H and O–H groups in total. The zero-order chi connectivity index (χ0) is 13.1. The zero-order valence-corrected chi connectivity index (χ0v) is 11.8. The van der Waals surface area contributed by atoms with E-state index in [0.717, 1.165) is 16.9 Å². The van der Waals surface area contributed by atoms with Gasteiger partial charge in [-0.3, -0.25) is 4.98 Å². The van der Waals surface area contributed by atoms with Crippen molar-refractivity contribution in [3.8, 4) is 5.75 Å². The van der Waals surface area contributed by atoms with Gasteiger partial charge >= 0.3 is 0 Å². The van der Waals surface area contributed by atoms with Crippen LogP contribution in [0.3, 0.4) is 0 Å². The summed E-state index contributed by atoms with van der Waals surface area (Å²) in [5.74, 6) is 0.720. The molecule has 2 aromatic heterocycles. The molecule has 0 aliphatic rings. The molecule has 0 spiro atoms. The third-order valence-electron chi connectivity index (χ3n) is 2.45. The first-order valence-electron chi connectivity index (χ1n) is 5.68. The number of hydrogen-bond acceptors (Lipinski definition) is 4. The van der Waals surface area contributed by atoms with Crippen molar-refractivity contribution in [2.45, 2.75) is 26.0 Å². The number of ether oxygens (including phenoxy) is 1. The van der Waals surface area contributed by atoms with Crippen molar-refractivity contribution < 1.29 is 9.15 Å². The first kappa shape index (κ1) is 13.1. The highest BCUT2D eigenvalue weighted by molar-refractivity contribution is 9.10. The Labute approximate surface area is 114 Å². The van der Waals surface area contributed by atoms with Gasteiger partial charge in [-0.25, -0.2) is 0 Å². The fourth-order valence-corrected chi connectivity index (χ4v) is 2.14. The molecule has 0 fully saturated rings. The lowest BCUT2D eigenvalue weighted by molar-refractivity contribution is 0.241. The predicted molar refractivity (Wildman–Crippen MR) is 72.4 cm³/mol. The molecule has 0 aliphatic heterocycles. The Hall–Kier alpha value is -1.33. The molecule has 2 aromatic rings. The molecule has 0 amide bonds. The molecular weight excluding hydrogens is 296 g/mol. The minimum absolute atomic E-state index is 0.110. The fourth-order valence-electron chi connectivity index (χ4n) is 1.65. The van der Waals surface area contributed by atoms with Gasteiger partial charge < -0.3 is 14.9 Å². The van der Waals surface area contributed by atoms with Crippen molar-refractivity contribution in [1.82, 2.24) is 4.98 Å². The molecule has 0 bridgehead atoms. The van der Waals surface area contributed by atoms with Crippen LogP contribution in [0.5, 0.6) is 5.75 Å². The lowest BCUT2D eigenvalue weighted by Crippen LogP contribution is -2.13. The summed E-state index contributed by atoms with van der Waals surface area (Å²) >= 11 is 3.32. The van der Waals surface area contributed by atoms with Crippen molar-refractivity contribution in [2.24, 2.45) is 5.73 Å². The molecule has 0 aliphatic carbocycles. The van der Waals surface area contributed by atoms with Crippen molar-refractivity contribution in [2.75, 3.05) is 0 Å². The Morgan fingerprint density at radius 3 is 2.78 bits per heavy atom. The number of pyridine rings is 1. The SMILES string of the molecule is CC(C)Oc1cncc(C(N)c2ccoc2Br)c1. The maximum absolute atomic E-state index is 6.18. The smallest absolute Gasteiger partial charge is 0.174 e. The summed E-state index contributed by atoms with van der Waals surface area (Å²) < 4.78 is 11.4. The number of halogens is 1. The van der Waals surface area contributed by atoms with E-state index in [9.17, 15) is 0 Å². The molecule has 1 unspecified atom stereocenters. The van der Waals surface area contributed by atoms with Crippen LogP contribution in [0, 0.1) is 0 Å². The average Bonchev–Trinajstić information content (AvgIpc) is 2.74. The molecule has 2 heterocycles. The molecule has 0 saturated carbocycles. The Morgan fingerprint density at radius 1 is 1.39 bits per heavy atom. The molecule has 0 radical (unpaired) electrons. The number of aromatic nitrogens is 1. The second kappa shape index (κ2) is 5.54. The second-order valence-corrected chi connectivity index (χ2v) is 4.97. The Balaban J connectivity index is 2.25. The van der Waals surface area contributed by atoms with Gasteiger partial charge in [0.1, 0.15) is 5.75 Å². The van der Waals surface area contributed by atoms with E-state index in [1.54, 1.807) is 18.7 Å². The molecule has 0 saturated heterocycles. The van der Waals surface area contributed by atoms with Crippen molar-refractivity contribution in [3.63, 3.8) is 0 Å². The van der Waals surface area contributed by atoms with E-state index in [1.807, 2.05) is 26.0 Å².